The van der Waals surface area contributed by atoms with E-state index in [0.29, 0.717) is 18.2 Å². The number of ether oxygens (including phenoxy) is 2. The number of hydrogen-bond acceptors (Lipinski definition) is 6. The monoisotopic (exact) mass is 349 g/mol. The third kappa shape index (κ3) is 5.75. The summed E-state index contributed by atoms with van der Waals surface area (Å²) in [6, 6.07) is 7.20. The third-order valence-electron chi connectivity index (χ3n) is 3.59. The summed E-state index contributed by atoms with van der Waals surface area (Å²) < 4.78 is 12.7. The Labute approximate surface area is 146 Å². The van der Waals surface area contributed by atoms with E-state index in [1.807, 2.05) is 12.1 Å². The lowest BCUT2D eigenvalue weighted by atomic mass is 10.3. The van der Waals surface area contributed by atoms with Crippen molar-refractivity contribution in [3.63, 3.8) is 0 Å². The Morgan fingerprint density at radius 3 is 2.48 bits per heavy atom. The quantitative estimate of drug-likeness (QED) is 0.402. The van der Waals surface area contributed by atoms with E-state index < -0.39 is 11.0 Å². The van der Waals surface area contributed by atoms with Gasteiger partial charge in [-0.3, -0.25) is 0 Å². The number of nitro groups is 1. The average molecular weight is 349 g/mol. The Balaban J connectivity index is 1.81. The van der Waals surface area contributed by atoms with E-state index in [1.54, 1.807) is 19.1 Å². The maximum absolute atomic E-state index is 10.7. The van der Waals surface area contributed by atoms with E-state index in [0.717, 1.165) is 18.6 Å². The molecule has 2 aromatic rings. The van der Waals surface area contributed by atoms with E-state index in [-0.39, 0.29) is 19.0 Å². The molecule has 1 unspecified atom stereocenters. The van der Waals surface area contributed by atoms with Crippen LogP contribution in [-0.2, 0) is 6.54 Å². The number of rotatable bonds is 10. The third-order valence-corrected chi connectivity index (χ3v) is 3.59. The van der Waals surface area contributed by atoms with E-state index in [9.17, 15) is 15.2 Å². The van der Waals surface area contributed by atoms with Crippen molar-refractivity contribution in [2.75, 3.05) is 13.2 Å². The predicted molar refractivity (Wildman–Crippen MR) is 92.0 cm³/mol. The Kier molecular flexibility index (Phi) is 6.76. The number of hydrogen-bond donors (Lipinski definition) is 1. The molecule has 1 atom stereocenters. The van der Waals surface area contributed by atoms with Crippen molar-refractivity contribution in [3.05, 3.63) is 46.4 Å². The van der Waals surface area contributed by atoms with E-state index in [1.165, 1.54) is 10.8 Å². The summed E-state index contributed by atoms with van der Waals surface area (Å²) in [6.07, 6.45) is 2.59. The standard InChI is InChI=1S/C17H23N3O5/c1-3-4-9-24-15-5-7-16(8-6-15)25-12-14(21)10-19-11-17(20(22)23)18-13(19)2/h5-8,11,14,21H,3-4,9-10,12H2,1-2H3. The molecule has 8 nitrogen and oxygen atoms in total. The first kappa shape index (κ1) is 18.7. The zero-order valence-electron chi connectivity index (χ0n) is 14.4. The molecule has 0 spiro atoms. The minimum atomic E-state index is -0.812. The summed E-state index contributed by atoms with van der Waals surface area (Å²) in [5.41, 5.74) is 0. The van der Waals surface area contributed by atoms with Crippen LogP contribution in [0.4, 0.5) is 5.82 Å². The molecule has 0 aliphatic carbocycles. The van der Waals surface area contributed by atoms with Crippen molar-refractivity contribution >= 4 is 5.82 Å². The number of nitrogens with zero attached hydrogens (tertiary/aromatic N) is 3. The fraction of sp³-hybridized carbons (Fsp3) is 0.471. The van der Waals surface area contributed by atoms with Crippen LogP contribution in [0.15, 0.2) is 30.5 Å². The second-order valence-corrected chi connectivity index (χ2v) is 5.69. The molecule has 8 heteroatoms. The lowest BCUT2D eigenvalue weighted by molar-refractivity contribution is -0.389. The number of aliphatic hydroxyl groups excluding tert-OH is 1. The highest BCUT2D eigenvalue weighted by atomic mass is 16.6. The molecule has 1 N–H and O–H groups in total. The van der Waals surface area contributed by atoms with Crippen molar-refractivity contribution in [1.29, 1.82) is 0 Å². The highest BCUT2D eigenvalue weighted by Gasteiger charge is 2.17. The SMILES string of the molecule is CCCCOc1ccc(OCC(O)Cn2cc([N+](=O)[O-])nc2C)cc1. The van der Waals surface area contributed by atoms with Gasteiger partial charge in [0, 0.05) is 6.92 Å². The van der Waals surface area contributed by atoms with E-state index in [4.69, 9.17) is 9.47 Å². The molecule has 0 saturated carbocycles. The van der Waals surface area contributed by atoms with Gasteiger partial charge in [-0.2, -0.15) is 0 Å². The fourth-order valence-corrected chi connectivity index (χ4v) is 2.20. The van der Waals surface area contributed by atoms with Gasteiger partial charge in [-0.25, -0.2) is 0 Å². The van der Waals surface area contributed by atoms with Gasteiger partial charge in [0.2, 0.25) is 5.82 Å². The van der Waals surface area contributed by atoms with Gasteiger partial charge in [0.25, 0.3) is 0 Å². The van der Waals surface area contributed by atoms with Crippen molar-refractivity contribution in [1.82, 2.24) is 9.55 Å². The molecular weight excluding hydrogens is 326 g/mol. The van der Waals surface area contributed by atoms with Gasteiger partial charge >= 0.3 is 5.82 Å². The van der Waals surface area contributed by atoms with Crippen LogP contribution in [-0.4, -0.2) is 38.9 Å². The summed E-state index contributed by atoms with van der Waals surface area (Å²) in [5.74, 6) is 1.64. The Bertz CT molecular complexity index is 684. The predicted octanol–water partition coefficient (Wildman–Crippen LogP) is 2.72. The number of benzene rings is 1. The molecule has 1 aromatic carbocycles. The van der Waals surface area contributed by atoms with E-state index >= 15 is 0 Å². The second-order valence-electron chi connectivity index (χ2n) is 5.69. The van der Waals surface area contributed by atoms with Crippen LogP contribution in [0.2, 0.25) is 0 Å². The van der Waals surface area contributed by atoms with Gasteiger partial charge in [-0.05, 0) is 40.6 Å². The number of unbranched alkanes of at least 4 members (excludes halogenated alkanes) is 1. The molecule has 1 heterocycles. The van der Waals surface area contributed by atoms with Crippen LogP contribution >= 0.6 is 0 Å². The minimum absolute atomic E-state index is 0.0709. The van der Waals surface area contributed by atoms with Gasteiger partial charge in [-0.1, -0.05) is 13.3 Å². The van der Waals surface area contributed by atoms with Crippen LogP contribution in [0.3, 0.4) is 0 Å². The van der Waals surface area contributed by atoms with Crippen LogP contribution in [0.5, 0.6) is 11.5 Å². The maximum Gasteiger partial charge on any atom is 0.381 e. The van der Waals surface area contributed by atoms with Crippen molar-refractivity contribution in [3.8, 4) is 11.5 Å². The Morgan fingerprint density at radius 1 is 1.28 bits per heavy atom. The van der Waals surface area contributed by atoms with Crippen LogP contribution in [0.25, 0.3) is 0 Å². The highest BCUT2D eigenvalue weighted by molar-refractivity contribution is 5.31. The molecule has 0 radical (unpaired) electrons. The summed E-state index contributed by atoms with van der Waals surface area (Å²) >= 11 is 0. The van der Waals surface area contributed by atoms with Gasteiger partial charge in [0.1, 0.15) is 30.4 Å². The average Bonchev–Trinajstić information content (AvgIpc) is 2.95. The summed E-state index contributed by atoms with van der Waals surface area (Å²) in [7, 11) is 0. The van der Waals surface area contributed by atoms with Crippen LogP contribution in [0.1, 0.15) is 25.6 Å². The molecule has 0 aliphatic rings. The molecule has 0 bridgehead atoms. The summed E-state index contributed by atoms with van der Waals surface area (Å²) in [5, 5.41) is 20.8. The van der Waals surface area contributed by atoms with Crippen molar-refractivity contribution in [2.45, 2.75) is 39.3 Å². The number of aryl methyl sites for hydroxylation is 1. The molecule has 0 amide bonds. The van der Waals surface area contributed by atoms with Gasteiger partial charge < -0.3 is 29.3 Å². The Hall–Kier alpha value is -2.61. The zero-order valence-corrected chi connectivity index (χ0v) is 14.4. The summed E-state index contributed by atoms with van der Waals surface area (Å²) in [6.45, 7) is 4.69. The normalized spacial score (nSPS) is 12.0. The first-order chi connectivity index (χ1) is 12.0. The first-order valence-electron chi connectivity index (χ1n) is 8.21. The van der Waals surface area contributed by atoms with Gasteiger partial charge in [-0.15, -0.1) is 0 Å². The zero-order chi connectivity index (χ0) is 18.2. The molecule has 25 heavy (non-hydrogen) atoms. The fourth-order valence-electron chi connectivity index (χ4n) is 2.20. The lowest BCUT2D eigenvalue weighted by Crippen LogP contribution is -2.23. The van der Waals surface area contributed by atoms with Crippen LogP contribution in [0, 0.1) is 17.0 Å². The highest BCUT2D eigenvalue weighted by Crippen LogP contribution is 2.18. The van der Waals surface area contributed by atoms with Crippen LogP contribution < -0.4 is 9.47 Å². The van der Waals surface area contributed by atoms with Gasteiger partial charge in [0.05, 0.1) is 13.2 Å². The Morgan fingerprint density at radius 2 is 1.92 bits per heavy atom. The molecule has 136 valence electrons. The van der Waals surface area contributed by atoms with Crippen molar-refractivity contribution in [2.24, 2.45) is 0 Å². The molecule has 2 rings (SSSR count). The minimum Gasteiger partial charge on any atom is -0.494 e. The second kappa shape index (κ2) is 9.03. The number of imidazole rings is 1. The number of aliphatic hydroxyl groups is 1. The molecule has 0 fully saturated rings. The first-order valence-corrected chi connectivity index (χ1v) is 8.21. The number of aromatic nitrogens is 2. The largest absolute Gasteiger partial charge is 0.494 e. The molecular formula is C17H23N3O5. The van der Waals surface area contributed by atoms with E-state index in [2.05, 4.69) is 11.9 Å². The summed E-state index contributed by atoms with van der Waals surface area (Å²) in [4.78, 5) is 14.0. The topological polar surface area (TPSA) is 99.6 Å². The molecule has 0 aliphatic heterocycles. The maximum atomic E-state index is 10.7. The van der Waals surface area contributed by atoms with Gasteiger partial charge in [0.15, 0.2) is 0 Å². The van der Waals surface area contributed by atoms with Crippen molar-refractivity contribution < 1.29 is 19.5 Å². The lowest BCUT2D eigenvalue weighted by Gasteiger charge is -2.13. The molecule has 1 aromatic heterocycles. The smallest absolute Gasteiger partial charge is 0.381 e. The molecule has 0 saturated heterocycles.